The van der Waals surface area contributed by atoms with E-state index in [1.54, 1.807) is 10.7 Å². The lowest BCUT2D eigenvalue weighted by Crippen LogP contribution is -2.19. The van der Waals surface area contributed by atoms with Crippen molar-refractivity contribution in [1.29, 1.82) is 0 Å². The summed E-state index contributed by atoms with van der Waals surface area (Å²) < 4.78 is 21.0. The Morgan fingerprint density at radius 2 is 1.76 bits per heavy atom. The summed E-state index contributed by atoms with van der Waals surface area (Å²) in [6.07, 6.45) is 3.04. The van der Waals surface area contributed by atoms with Gasteiger partial charge >= 0.3 is 0 Å². The van der Waals surface area contributed by atoms with Gasteiger partial charge in [-0.05, 0) is 17.7 Å². The van der Waals surface area contributed by atoms with Crippen LogP contribution < -0.4 is 4.90 Å². The molecular weight excluding hydrogens is 369 g/mol. The maximum absolute atomic E-state index is 13.6. The number of nitrogens with zero attached hydrogens (tertiary/aromatic N) is 5. The summed E-state index contributed by atoms with van der Waals surface area (Å²) in [4.78, 5) is 10.7. The highest BCUT2D eigenvalue weighted by Crippen LogP contribution is 2.23. The minimum absolute atomic E-state index is 0.367. The maximum atomic E-state index is 13.6. The maximum Gasteiger partial charge on any atom is 0.234 e. The van der Waals surface area contributed by atoms with Gasteiger partial charge in [0.05, 0.1) is 18.9 Å². The Hall–Kier alpha value is -3.32. The fourth-order valence-electron chi connectivity index (χ4n) is 3.18. The summed E-state index contributed by atoms with van der Waals surface area (Å²) in [5.41, 5.74) is 3.47. The zero-order chi connectivity index (χ0) is 20.1. The lowest BCUT2D eigenvalue weighted by Gasteiger charge is -2.18. The number of rotatable bonds is 8. The third kappa shape index (κ3) is 4.25. The molecule has 2 aromatic carbocycles. The van der Waals surface area contributed by atoms with E-state index in [-0.39, 0.29) is 0 Å². The van der Waals surface area contributed by atoms with Gasteiger partial charge in [-0.25, -0.2) is 14.4 Å². The van der Waals surface area contributed by atoms with Crippen LogP contribution in [0.5, 0.6) is 0 Å². The molecule has 0 saturated heterocycles. The molecule has 0 aliphatic rings. The summed E-state index contributed by atoms with van der Waals surface area (Å²) in [6.45, 7) is -0.211. The Morgan fingerprint density at radius 3 is 2.48 bits per heavy atom. The summed E-state index contributed by atoms with van der Waals surface area (Å²) in [6, 6.07) is 19.6. The summed E-state index contributed by atoms with van der Waals surface area (Å²) in [7, 11) is 1.92. The van der Waals surface area contributed by atoms with E-state index in [1.165, 1.54) is 6.33 Å². The zero-order valence-corrected chi connectivity index (χ0v) is 16.1. The Morgan fingerprint density at radius 1 is 1.03 bits per heavy atom. The Labute approximate surface area is 168 Å². The number of aromatic nitrogens is 4. The predicted octanol–water partition coefficient (Wildman–Crippen LogP) is 3.99. The Bertz CT molecular complexity index is 1050. The van der Waals surface area contributed by atoms with Gasteiger partial charge in [0, 0.05) is 24.7 Å². The second kappa shape index (κ2) is 8.79. The van der Waals surface area contributed by atoms with Crippen molar-refractivity contribution in [2.24, 2.45) is 0 Å². The van der Waals surface area contributed by atoms with Gasteiger partial charge in [-0.15, -0.1) is 0 Å². The first-order valence-electron chi connectivity index (χ1n) is 9.44. The van der Waals surface area contributed by atoms with Crippen molar-refractivity contribution in [3.8, 4) is 0 Å². The van der Waals surface area contributed by atoms with Crippen molar-refractivity contribution >= 4 is 17.3 Å². The molecule has 7 heteroatoms. The topological polar surface area (TPSA) is 55.5 Å². The zero-order valence-electron chi connectivity index (χ0n) is 16.1. The van der Waals surface area contributed by atoms with Gasteiger partial charge in [-0.3, -0.25) is 0 Å². The molecule has 148 valence electrons. The number of hydrogen-bond acceptors (Lipinski definition) is 5. The molecule has 4 aromatic rings. The number of alkyl halides is 1. The third-order valence-electron chi connectivity index (χ3n) is 4.75. The van der Waals surface area contributed by atoms with Gasteiger partial charge in [0.1, 0.15) is 13.0 Å². The van der Waals surface area contributed by atoms with Crippen LogP contribution in [0.3, 0.4) is 0 Å². The van der Waals surface area contributed by atoms with Gasteiger partial charge < -0.3 is 9.64 Å². The number of halogens is 1. The lowest BCUT2D eigenvalue weighted by atomic mass is 10.1. The molecule has 2 heterocycles. The number of anilines is 2. The van der Waals surface area contributed by atoms with Crippen molar-refractivity contribution in [1.82, 2.24) is 19.6 Å². The number of ether oxygens (including phenoxy) is 1. The van der Waals surface area contributed by atoms with Gasteiger partial charge in [-0.1, -0.05) is 48.5 Å². The number of benzene rings is 2. The molecule has 0 N–H and O–H groups in total. The highest BCUT2D eigenvalue weighted by molar-refractivity contribution is 5.59. The first-order chi connectivity index (χ1) is 14.3. The average Bonchev–Trinajstić information content (AvgIpc) is 3.20. The molecule has 1 atom stereocenters. The highest BCUT2D eigenvalue weighted by Gasteiger charge is 2.18. The van der Waals surface area contributed by atoms with Crippen LogP contribution in [0, 0.1) is 0 Å². The third-order valence-corrected chi connectivity index (χ3v) is 4.75. The summed E-state index contributed by atoms with van der Waals surface area (Å²) in [5.74, 6) is 0.634. The minimum atomic E-state index is -0.577. The van der Waals surface area contributed by atoms with Crippen LogP contribution in [0.1, 0.15) is 11.1 Å². The summed E-state index contributed by atoms with van der Waals surface area (Å²) >= 11 is 0. The Kier molecular flexibility index (Phi) is 5.76. The Balaban J connectivity index is 1.54. The molecule has 0 bridgehead atoms. The second-order valence-electron chi connectivity index (χ2n) is 6.75. The molecule has 0 spiro atoms. The molecule has 0 saturated carbocycles. The van der Waals surface area contributed by atoms with Gasteiger partial charge in [0.25, 0.3) is 0 Å². The van der Waals surface area contributed by atoms with Crippen LogP contribution >= 0.6 is 0 Å². The van der Waals surface area contributed by atoms with Crippen molar-refractivity contribution < 1.29 is 9.13 Å². The van der Waals surface area contributed by atoms with Crippen LogP contribution in [-0.4, -0.2) is 39.4 Å². The fourth-order valence-corrected chi connectivity index (χ4v) is 3.18. The molecule has 2 aromatic heterocycles. The molecule has 1 unspecified atom stereocenters. The molecule has 0 aliphatic heterocycles. The fraction of sp³-hybridized carbons (Fsp3) is 0.227. The van der Waals surface area contributed by atoms with Crippen molar-refractivity contribution in [3.05, 3.63) is 84.3 Å². The monoisotopic (exact) mass is 391 g/mol. The van der Waals surface area contributed by atoms with Crippen LogP contribution in [-0.2, 0) is 17.8 Å². The van der Waals surface area contributed by atoms with E-state index in [2.05, 4.69) is 15.1 Å². The molecule has 0 amide bonds. The first-order valence-corrected chi connectivity index (χ1v) is 9.44. The van der Waals surface area contributed by atoms with Crippen molar-refractivity contribution in [2.75, 3.05) is 18.6 Å². The van der Waals surface area contributed by atoms with Crippen LogP contribution in [0.25, 0.3) is 5.65 Å². The van der Waals surface area contributed by atoms with E-state index in [0.29, 0.717) is 24.6 Å². The van der Waals surface area contributed by atoms with E-state index < -0.39 is 12.8 Å². The van der Waals surface area contributed by atoms with Crippen LogP contribution in [0.2, 0.25) is 0 Å². The SMILES string of the molecule is CN(c1ccccc1)c1ncnc2c(CC(CF)OCc3ccccc3)cnn12. The quantitative estimate of drug-likeness (QED) is 0.455. The van der Waals surface area contributed by atoms with Gasteiger partial charge in [0.15, 0.2) is 5.65 Å². The standard InChI is InChI=1S/C22H22FN5O/c1-27(19-10-6-3-7-11-19)22-25-16-24-21-18(14-26-28(21)22)12-20(13-23)29-15-17-8-4-2-5-9-17/h2-11,14,16,20H,12-13,15H2,1H3. The van der Waals surface area contributed by atoms with E-state index in [0.717, 1.165) is 16.8 Å². The number of hydrogen-bond donors (Lipinski definition) is 0. The second-order valence-corrected chi connectivity index (χ2v) is 6.75. The highest BCUT2D eigenvalue weighted by atomic mass is 19.1. The van der Waals surface area contributed by atoms with Crippen LogP contribution in [0.15, 0.2) is 73.2 Å². The molecule has 0 aliphatic carbocycles. The number of para-hydroxylation sites is 1. The first kappa shape index (κ1) is 19.0. The van der Waals surface area contributed by atoms with Crippen LogP contribution in [0.4, 0.5) is 16.0 Å². The van der Waals surface area contributed by atoms with Crippen molar-refractivity contribution in [3.63, 3.8) is 0 Å². The molecule has 4 rings (SSSR count). The van der Waals surface area contributed by atoms with E-state index in [1.807, 2.05) is 72.6 Å². The van der Waals surface area contributed by atoms with Crippen molar-refractivity contribution in [2.45, 2.75) is 19.1 Å². The summed E-state index contributed by atoms with van der Waals surface area (Å²) in [5, 5.41) is 4.44. The normalized spacial score (nSPS) is 12.2. The molecule has 6 nitrogen and oxygen atoms in total. The predicted molar refractivity (Wildman–Crippen MR) is 110 cm³/mol. The van der Waals surface area contributed by atoms with E-state index >= 15 is 0 Å². The lowest BCUT2D eigenvalue weighted by molar-refractivity contribution is 0.0247. The molecule has 0 radical (unpaired) electrons. The number of fused-ring (bicyclic) bond motifs is 1. The van der Waals surface area contributed by atoms with E-state index in [9.17, 15) is 4.39 Å². The largest absolute Gasteiger partial charge is 0.370 e. The van der Waals surface area contributed by atoms with Gasteiger partial charge in [-0.2, -0.15) is 9.61 Å². The van der Waals surface area contributed by atoms with E-state index in [4.69, 9.17) is 4.74 Å². The molecule has 0 fully saturated rings. The van der Waals surface area contributed by atoms with Gasteiger partial charge in [0.2, 0.25) is 5.95 Å². The minimum Gasteiger partial charge on any atom is -0.370 e. The average molecular weight is 391 g/mol. The smallest absolute Gasteiger partial charge is 0.234 e. The molecule has 29 heavy (non-hydrogen) atoms. The molecular formula is C22H22FN5O.